The molecule has 0 spiro atoms. The van der Waals surface area contributed by atoms with E-state index in [1.807, 2.05) is 77.4 Å². The van der Waals surface area contributed by atoms with Crippen LogP contribution in [-0.4, -0.2) is 10.6 Å². The van der Waals surface area contributed by atoms with Gasteiger partial charge in [0.2, 0.25) is 0 Å². The van der Waals surface area contributed by atoms with Gasteiger partial charge in [0.25, 0.3) is 5.56 Å². The van der Waals surface area contributed by atoms with E-state index in [0.29, 0.717) is 22.0 Å². The summed E-state index contributed by atoms with van der Waals surface area (Å²) >= 11 is 0. The molecule has 2 aliphatic rings. The number of nitriles is 2. The van der Waals surface area contributed by atoms with Gasteiger partial charge in [-0.05, 0) is 75.2 Å². The molecule has 0 radical (unpaired) electrons. The molecule has 0 saturated heterocycles. The molecule has 0 bridgehead atoms. The third kappa shape index (κ3) is 3.76. The second-order valence-corrected chi connectivity index (χ2v) is 10.9. The molecule has 200 valence electrons. The van der Waals surface area contributed by atoms with Gasteiger partial charge < -0.3 is 0 Å². The highest BCUT2D eigenvalue weighted by Crippen LogP contribution is 2.41. The molecule has 6 aromatic rings. The summed E-state index contributed by atoms with van der Waals surface area (Å²) in [5, 5.41) is 22.3. The van der Waals surface area contributed by atoms with Crippen LogP contribution in [0.4, 0.5) is 0 Å². The van der Waals surface area contributed by atoms with Gasteiger partial charge in [-0.15, -0.1) is 0 Å². The zero-order valence-electron chi connectivity index (χ0n) is 22.9. The number of hydrogen-bond donors (Lipinski definition) is 0. The number of aromatic nitrogens is 1. The summed E-state index contributed by atoms with van der Waals surface area (Å²) in [5.41, 5.74) is 7.82. The first-order chi connectivity index (χ1) is 21.1. The van der Waals surface area contributed by atoms with Crippen molar-refractivity contribution in [3.05, 3.63) is 159 Å². The Balaban J connectivity index is 1.39. The highest BCUT2D eigenvalue weighted by molar-refractivity contribution is 6.14. The molecule has 2 unspecified atom stereocenters. The minimum atomic E-state index is -0.332. The maximum Gasteiger partial charge on any atom is 0.260 e. The smallest absolute Gasteiger partial charge is 0.260 e. The standard InChI is InChI=1S/C38H22N4O/c39-21-23-9-13-25(14-10-23)28-19-33(27-15-11-24(22-40)12-16-27)36-34(20-28)42-37(41-36)31-8-4-7-30-29(26-5-2-1-3-6-26)17-18-32(35(30)31)38(42)43/h1-20,34,36H. The summed E-state index contributed by atoms with van der Waals surface area (Å²) in [5.74, 6) is 0. The number of allylic oxidation sites excluding steroid dienone is 2. The third-order valence-electron chi connectivity index (χ3n) is 8.60. The summed E-state index contributed by atoms with van der Waals surface area (Å²) in [6.07, 6.45) is 4.25. The van der Waals surface area contributed by atoms with Gasteiger partial charge in [0, 0.05) is 16.2 Å². The number of rotatable bonds is 3. The topological polar surface area (TPSA) is 81.9 Å². The van der Waals surface area contributed by atoms with Gasteiger partial charge in [0.15, 0.2) is 0 Å². The lowest BCUT2D eigenvalue weighted by Gasteiger charge is -2.26. The van der Waals surface area contributed by atoms with Crippen LogP contribution >= 0.6 is 0 Å². The highest BCUT2D eigenvalue weighted by Gasteiger charge is 2.36. The first-order valence-corrected chi connectivity index (χ1v) is 14.1. The van der Waals surface area contributed by atoms with E-state index in [9.17, 15) is 15.3 Å². The molecule has 43 heavy (non-hydrogen) atoms. The maximum atomic E-state index is 14.4. The SMILES string of the molecule is N#Cc1ccc(C2=CC3C(N=c4c5cccc6c(-c7ccccc7)ccc(c(=O)n43)c65)C(c3ccc(C#N)cc3)=C2)cc1. The zero-order chi connectivity index (χ0) is 29.1. The Morgan fingerprint density at radius 2 is 1.33 bits per heavy atom. The van der Waals surface area contributed by atoms with Crippen LogP contribution in [0.3, 0.4) is 0 Å². The summed E-state index contributed by atoms with van der Waals surface area (Å²) in [7, 11) is 0. The summed E-state index contributed by atoms with van der Waals surface area (Å²) in [6.45, 7) is 0. The largest absolute Gasteiger partial charge is 0.283 e. The van der Waals surface area contributed by atoms with Crippen LogP contribution in [0.2, 0.25) is 0 Å². The molecular formula is C38H22N4O. The van der Waals surface area contributed by atoms with Crippen LogP contribution in [-0.2, 0) is 0 Å². The minimum absolute atomic E-state index is 0.0638. The van der Waals surface area contributed by atoms with E-state index in [-0.39, 0.29) is 17.6 Å². The van der Waals surface area contributed by atoms with Crippen LogP contribution < -0.4 is 11.0 Å². The van der Waals surface area contributed by atoms with Crippen LogP contribution in [0, 0.1) is 22.7 Å². The average Bonchev–Trinajstić information content (AvgIpc) is 3.47. The fourth-order valence-electron chi connectivity index (χ4n) is 6.57. The van der Waals surface area contributed by atoms with Crippen molar-refractivity contribution in [1.82, 2.24) is 4.57 Å². The molecule has 8 rings (SSSR count). The molecule has 0 saturated carbocycles. The lowest BCUT2D eigenvalue weighted by Crippen LogP contribution is -2.35. The van der Waals surface area contributed by atoms with E-state index in [1.54, 1.807) is 12.1 Å². The summed E-state index contributed by atoms with van der Waals surface area (Å²) < 4.78 is 1.85. The Bertz CT molecular complexity index is 2370. The van der Waals surface area contributed by atoms with Crippen molar-refractivity contribution in [2.45, 2.75) is 12.1 Å². The van der Waals surface area contributed by atoms with E-state index >= 15 is 0 Å². The van der Waals surface area contributed by atoms with E-state index in [4.69, 9.17) is 4.99 Å². The minimum Gasteiger partial charge on any atom is -0.283 e. The van der Waals surface area contributed by atoms with Gasteiger partial charge in [-0.3, -0.25) is 14.4 Å². The zero-order valence-corrected chi connectivity index (χ0v) is 22.9. The third-order valence-corrected chi connectivity index (χ3v) is 8.60. The van der Waals surface area contributed by atoms with Crippen molar-refractivity contribution in [3.63, 3.8) is 0 Å². The predicted octanol–water partition coefficient (Wildman–Crippen LogP) is 7.01. The predicted molar refractivity (Wildman–Crippen MR) is 169 cm³/mol. The second-order valence-electron chi connectivity index (χ2n) is 10.9. The Morgan fingerprint density at radius 1 is 0.651 bits per heavy atom. The molecule has 0 fully saturated rings. The lowest BCUT2D eigenvalue weighted by molar-refractivity contribution is 0.588. The van der Waals surface area contributed by atoms with Crippen molar-refractivity contribution in [2.24, 2.45) is 4.99 Å². The van der Waals surface area contributed by atoms with Crippen molar-refractivity contribution in [3.8, 4) is 23.3 Å². The Morgan fingerprint density at radius 3 is 2.02 bits per heavy atom. The molecule has 2 heterocycles. The quantitative estimate of drug-likeness (QED) is 0.238. The molecular weight excluding hydrogens is 528 g/mol. The Labute approximate surface area is 247 Å². The number of hydrogen-bond acceptors (Lipinski definition) is 4. The molecule has 1 aliphatic carbocycles. The van der Waals surface area contributed by atoms with Crippen LogP contribution in [0.25, 0.3) is 43.8 Å². The molecule has 1 aliphatic heterocycles. The normalized spacial score (nSPS) is 16.9. The molecule has 2 atom stereocenters. The molecule has 0 N–H and O–H groups in total. The maximum absolute atomic E-state index is 14.4. The van der Waals surface area contributed by atoms with E-state index in [0.717, 1.165) is 49.6 Å². The van der Waals surface area contributed by atoms with Gasteiger partial charge in [0.05, 0.1) is 29.3 Å². The Hall–Kier alpha value is -6.04. The van der Waals surface area contributed by atoms with Crippen LogP contribution in [0.1, 0.15) is 28.3 Å². The van der Waals surface area contributed by atoms with Crippen LogP contribution in [0.5, 0.6) is 0 Å². The molecule has 5 aromatic carbocycles. The highest BCUT2D eigenvalue weighted by atomic mass is 16.1. The second kappa shape index (κ2) is 9.52. The number of benzene rings is 5. The first kappa shape index (κ1) is 24.7. The molecule has 1 aromatic heterocycles. The van der Waals surface area contributed by atoms with Gasteiger partial charge in [-0.2, -0.15) is 10.5 Å². The number of nitrogens with zero attached hydrogens (tertiary/aromatic N) is 4. The Kier molecular flexibility index (Phi) is 5.47. The number of fused-ring (bicyclic) bond motifs is 4. The average molecular weight is 551 g/mol. The van der Waals surface area contributed by atoms with Crippen molar-refractivity contribution in [1.29, 1.82) is 10.5 Å². The fourth-order valence-corrected chi connectivity index (χ4v) is 6.57. The van der Waals surface area contributed by atoms with Gasteiger partial charge >= 0.3 is 0 Å². The van der Waals surface area contributed by atoms with Crippen molar-refractivity contribution < 1.29 is 0 Å². The molecule has 0 amide bonds. The fraction of sp³-hybridized carbons (Fsp3) is 0.0526. The molecule has 5 nitrogen and oxygen atoms in total. The van der Waals surface area contributed by atoms with Gasteiger partial charge in [-0.25, -0.2) is 0 Å². The van der Waals surface area contributed by atoms with E-state index < -0.39 is 0 Å². The summed E-state index contributed by atoms with van der Waals surface area (Å²) in [4.78, 5) is 19.6. The molecule has 5 heteroatoms. The monoisotopic (exact) mass is 550 g/mol. The van der Waals surface area contributed by atoms with Crippen LogP contribution in [0.15, 0.2) is 131 Å². The van der Waals surface area contributed by atoms with E-state index in [1.165, 1.54) is 0 Å². The lowest BCUT2D eigenvalue weighted by atomic mass is 9.84. The van der Waals surface area contributed by atoms with Crippen molar-refractivity contribution in [2.75, 3.05) is 0 Å². The van der Waals surface area contributed by atoms with Gasteiger partial charge in [-0.1, -0.05) is 84.9 Å². The first-order valence-electron chi connectivity index (χ1n) is 14.1. The number of pyridine rings is 1. The summed E-state index contributed by atoms with van der Waals surface area (Å²) in [6, 6.07) is 39.2. The van der Waals surface area contributed by atoms with E-state index in [2.05, 4.69) is 48.6 Å². The van der Waals surface area contributed by atoms with Crippen molar-refractivity contribution >= 4 is 32.7 Å². The van der Waals surface area contributed by atoms with Gasteiger partial charge in [0.1, 0.15) is 11.5 Å².